The van der Waals surface area contributed by atoms with Gasteiger partial charge in [0.05, 0.1) is 11.0 Å². The van der Waals surface area contributed by atoms with Gasteiger partial charge in [-0.3, -0.25) is 14.9 Å². The highest BCUT2D eigenvalue weighted by Crippen LogP contribution is 2.22. The molecule has 18 heavy (non-hydrogen) atoms. The molecule has 1 atom stereocenters. The molecule has 5 nitrogen and oxygen atoms in total. The fraction of sp³-hybridized carbons (Fsp3) is 0.333. The van der Waals surface area contributed by atoms with Crippen molar-refractivity contribution in [3.63, 3.8) is 0 Å². The summed E-state index contributed by atoms with van der Waals surface area (Å²) in [6.07, 6.45) is 0. The molecule has 0 aliphatic rings. The van der Waals surface area contributed by atoms with Crippen LogP contribution in [0.2, 0.25) is 0 Å². The maximum atomic E-state index is 11.6. The van der Waals surface area contributed by atoms with Gasteiger partial charge in [0, 0.05) is 18.7 Å². The third kappa shape index (κ3) is 3.20. The summed E-state index contributed by atoms with van der Waals surface area (Å²) in [6, 6.07) is 5.88. The highest BCUT2D eigenvalue weighted by Gasteiger charge is 2.19. The van der Waals surface area contributed by atoms with Gasteiger partial charge in [0.15, 0.2) is 0 Å². The second kappa shape index (κ2) is 6.35. The Morgan fingerprint density at radius 1 is 1.50 bits per heavy atom. The number of carbonyl (C=O) groups is 1. The van der Waals surface area contributed by atoms with Crippen molar-refractivity contribution in [1.29, 1.82) is 0 Å². The molecule has 0 aromatic heterocycles. The van der Waals surface area contributed by atoms with Gasteiger partial charge in [-0.2, -0.15) is 0 Å². The summed E-state index contributed by atoms with van der Waals surface area (Å²) in [4.78, 5) is 23.2. The van der Waals surface area contributed by atoms with Crippen LogP contribution in [0.1, 0.15) is 18.5 Å². The number of carbonyl (C=O) groups excluding carboxylic acids is 1. The molecule has 0 aliphatic heterocycles. The smallest absolute Gasteiger partial charge is 0.269 e. The highest BCUT2D eigenvalue weighted by molar-refractivity contribution is 6.27. The van der Waals surface area contributed by atoms with Crippen molar-refractivity contribution in [1.82, 2.24) is 4.90 Å². The van der Waals surface area contributed by atoms with Crippen molar-refractivity contribution in [2.24, 2.45) is 0 Å². The summed E-state index contributed by atoms with van der Waals surface area (Å²) in [5.41, 5.74) is 0.832. The van der Waals surface area contributed by atoms with E-state index in [1.807, 2.05) is 6.92 Å². The molecule has 0 bridgehead atoms. The first-order valence-electron chi connectivity index (χ1n) is 5.40. The fourth-order valence-electron chi connectivity index (χ4n) is 1.67. The SMILES string of the molecule is [CH2]CN(C(=O)CCl)C(C)c1ccc([N+](=O)[O-])cc1. The summed E-state index contributed by atoms with van der Waals surface area (Å²) in [7, 11) is 0. The second-order valence-corrected chi connectivity index (χ2v) is 4.01. The van der Waals surface area contributed by atoms with E-state index < -0.39 is 4.92 Å². The monoisotopic (exact) mass is 269 g/mol. The number of nitro benzene ring substituents is 1. The molecular weight excluding hydrogens is 256 g/mol. The lowest BCUT2D eigenvalue weighted by Gasteiger charge is -2.27. The lowest BCUT2D eigenvalue weighted by atomic mass is 10.1. The molecule has 0 aliphatic carbocycles. The van der Waals surface area contributed by atoms with E-state index in [1.165, 1.54) is 17.0 Å². The predicted molar refractivity (Wildman–Crippen MR) is 69.3 cm³/mol. The van der Waals surface area contributed by atoms with Crippen molar-refractivity contribution < 1.29 is 9.72 Å². The van der Waals surface area contributed by atoms with E-state index in [1.54, 1.807) is 12.1 Å². The van der Waals surface area contributed by atoms with Gasteiger partial charge in [-0.1, -0.05) is 12.1 Å². The molecule has 1 aromatic carbocycles. The Morgan fingerprint density at radius 3 is 2.44 bits per heavy atom. The lowest BCUT2D eigenvalue weighted by molar-refractivity contribution is -0.384. The van der Waals surface area contributed by atoms with Crippen molar-refractivity contribution in [2.45, 2.75) is 13.0 Å². The van der Waals surface area contributed by atoms with Crippen LogP contribution < -0.4 is 0 Å². The first-order chi connectivity index (χ1) is 8.51. The van der Waals surface area contributed by atoms with Crippen LogP contribution in [0.15, 0.2) is 24.3 Å². The van der Waals surface area contributed by atoms with Crippen LogP contribution in [0, 0.1) is 17.0 Å². The molecule has 1 amide bonds. The van der Waals surface area contributed by atoms with Crippen LogP contribution in [0.25, 0.3) is 0 Å². The van der Waals surface area contributed by atoms with Gasteiger partial charge in [-0.15, -0.1) is 11.6 Å². The average Bonchev–Trinajstić information content (AvgIpc) is 2.39. The number of hydrogen-bond acceptors (Lipinski definition) is 3. The zero-order valence-corrected chi connectivity index (χ0v) is 10.8. The van der Waals surface area contributed by atoms with Crippen LogP contribution in [-0.2, 0) is 4.79 Å². The molecule has 0 fully saturated rings. The molecule has 6 heteroatoms. The highest BCUT2D eigenvalue weighted by atomic mass is 35.5. The number of alkyl halides is 1. The lowest BCUT2D eigenvalue weighted by Crippen LogP contribution is -2.34. The third-order valence-corrected chi connectivity index (χ3v) is 2.96. The molecule has 0 N–H and O–H groups in total. The van der Waals surface area contributed by atoms with Gasteiger partial charge < -0.3 is 4.90 Å². The molecular formula is C12H14ClN2O3. The number of nitro groups is 1. The Hall–Kier alpha value is -1.62. The zero-order valence-electron chi connectivity index (χ0n) is 10.0. The van der Waals surface area contributed by atoms with E-state index in [0.717, 1.165) is 5.56 Å². The third-order valence-electron chi connectivity index (χ3n) is 2.73. The van der Waals surface area contributed by atoms with E-state index in [4.69, 9.17) is 11.6 Å². The molecule has 0 saturated heterocycles. The molecule has 0 heterocycles. The standard InChI is InChI=1S/C12H14ClN2O3/c1-3-14(12(16)8-13)9(2)10-4-6-11(7-5-10)15(17)18/h4-7,9H,1,3,8H2,2H3. The number of benzene rings is 1. The summed E-state index contributed by atoms with van der Waals surface area (Å²) in [5, 5.41) is 10.5. The van der Waals surface area contributed by atoms with E-state index in [-0.39, 0.29) is 23.5 Å². The van der Waals surface area contributed by atoms with Crippen LogP contribution in [-0.4, -0.2) is 28.2 Å². The van der Waals surface area contributed by atoms with Crippen molar-refractivity contribution in [3.05, 3.63) is 46.9 Å². The van der Waals surface area contributed by atoms with E-state index in [2.05, 4.69) is 6.92 Å². The first kappa shape index (κ1) is 14.4. The maximum Gasteiger partial charge on any atom is 0.269 e. The molecule has 1 rings (SSSR count). The average molecular weight is 270 g/mol. The molecule has 1 radical (unpaired) electrons. The van der Waals surface area contributed by atoms with Crippen LogP contribution in [0.5, 0.6) is 0 Å². The van der Waals surface area contributed by atoms with Crippen LogP contribution in [0.3, 0.4) is 0 Å². The number of nitrogens with zero attached hydrogens (tertiary/aromatic N) is 2. The van der Waals surface area contributed by atoms with Crippen molar-refractivity contribution in [2.75, 3.05) is 12.4 Å². The maximum absolute atomic E-state index is 11.6. The van der Waals surface area contributed by atoms with Gasteiger partial charge in [0.2, 0.25) is 5.91 Å². The van der Waals surface area contributed by atoms with Crippen LogP contribution in [0.4, 0.5) is 5.69 Å². The minimum absolute atomic E-state index is 0.0239. The number of halogens is 1. The summed E-state index contributed by atoms with van der Waals surface area (Å²) in [5.74, 6) is -0.315. The summed E-state index contributed by atoms with van der Waals surface area (Å²) in [6.45, 7) is 5.81. The first-order valence-corrected chi connectivity index (χ1v) is 5.93. The van der Waals surface area contributed by atoms with Crippen molar-refractivity contribution in [3.8, 4) is 0 Å². The van der Waals surface area contributed by atoms with E-state index >= 15 is 0 Å². The van der Waals surface area contributed by atoms with Gasteiger partial charge in [-0.25, -0.2) is 0 Å². The quantitative estimate of drug-likeness (QED) is 0.469. The zero-order chi connectivity index (χ0) is 13.7. The van der Waals surface area contributed by atoms with Gasteiger partial charge in [0.25, 0.3) is 5.69 Å². The number of rotatable bonds is 5. The van der Waals surface area contributed by atoms with E-state index in [0.29, 0.717) is 6.54 Å². The Morgan fingerprint density at radius 2 is 2.06 bits per heavy atom. The Balaban J connectivity index is 2.91. The Labute approximate surface area is 110 Å². The fourth-order valence-corrected chi connectivity index (χ4v) is 1.82. The van der Waals surface area contributed by atoms with E-state index in [9.17, 15) is 14.9 Å². The topological polar surface area (TPSA) is 63.5 Å². The Kier molecular flexibility index (Phi) is 5.09. The molecule has 0 saturated carbocycles. The Bertz CT molecular complexity index is 433. The summed E-state index contributed by atoms with van der Waals surface area (Å²) >= 11 is 5.52. The number of amides is 1. The largest absolute Gasteiger partial charge is 0.335 e. The number of non-ortho nitro benzene ring substituents is 1. The van der Waals surface area contributed by atoms with Gasteiger partial charge in [0.1, 0.15) is 5.88 Å². The second-order valence-electron chi connectivity index (χ2n) is 3.75. The summed E-state index contributed by atoms with van der Waals surface area (Å²) < 4.78 is 0. The predicted octanol–water partition coefficient (Wildman–Crippen LogP) is 2.56. The number of hydrogen-bond donors (Lipinski definition) is 0. The molecule has 97 valence electrons. The van der Waals surface area contributed by atoms with Gasteiger partial charge in [-0.05, 0) is 19.4 Å². The minimum Gasteiger partial charge on any atom is -0.335 e. The molecule has 0 spiro atoms. The van der Waals surface area contributed by atoms with Crippen molar-refractivity contribution >= 4 is 23.2 Å². The minimum atomic E-state index is -0.461. The molecule has 1 unspecified atom stereocenters. The van der Waals surface area contributed by atoms with Gasteiger partial charge >= 0.3 is 0 Å². The van der Waals surface area contributed by atoms with Crippen LogP contribution >= 0.6 is 11.6 Å². The normalized spacial score (nSPS) is 11.9. The molecule has 1 aromatic rings.